The van der Waals surface area contributed by atoms with Gasteiger partial charge in [-0.15, -0.1) is 5.10 Å². The third-order valence-corrected chi connectivity index (χ3v) is 7.33. The van der Waals surface area contributed by atoms with Gasteiger partial charge in [0.2, 0.25) is 5.60 Å². The zero-order chi connectivity index (χ0) is 27.9. The Labute approximate surface area is 230 Å². The van der Waals surface area contributed by atoms with Gasteiger partial charge < -0.3 is 15.2 Å². The molecule has 3 aromatic rings. The minimum absolute atomic E-state index is 0.00762. The van der Waals surface area contributed by atoms with E-state index >= 15 is 0 Å². The van der Waals surface area contributed by atoms with E-state index in [1.54, 1.807) is 0 Å². The highest BCUT2D eigenvalue weighted by molar-refractivity contribution is 6.34. The van der Waals surface area contributed by atoms with Crippen LogP contribution in [0.15, 0.2) is 36.5 Å². The van der Waals surface area contributed by atoms with Gasteiger partial charge in [0, 0.05) is 35.7 Å². The lowest BCUT2D eigenvalue weighted by Crippen LogP contribution is -2.52. The quantitative estimate of drug-likeness (QED) is 0.337. The lowest BCUT2D eigenvalue weighted by molar-refractivity contribution is -0.149. The molecule has 3 atom stereocenters. The Hall–Kier alpha value is -3.19. The summed E-state index contributed by atoms with van der Waals surface area (Å²) >= 11 is 11.7. The molecule has 2 aromatic carbocycles. The van der Waals surface area contributed by atoms with Crippen molar-refractivity contribution in [3.8, 4) is 0 Å². The molecule has 39 heavy (non-hydrogen) atoms. The lowest BCUT2D eigenvalue weighted by atomic mass is 9.98. The van der Waals surface area contributed by atoms with E-state index in [4.69, 9.17) is 27.9 Å². The fraction of sp³-hybridized carbons (Fsp3) is 0.360. The average molecular weight is 584 g/mol. The third kappa shape index (κ3) is 5.33. The summed E-state index contributed by atoms with van der Waals surface area (Å²) in [7, 11) is 0. The highest BCUT2D eigenvalue weighted by atomic mass is 35.5. The van der Waals surface area contributed by atoms with Gasteiger partial charge >= 0.3 is 0 Å². The van der Waals surface area contributed by atoms with Crippen molar-refractivity contribution in [1.29, 1.82) is 0 Å². The van der Waals surface area contributed by atoms with Gasteiger partial charge in [0.1, 0.15) is 17.5 Å². The molecule has 5 rings (SSSR count). The van der Waals surface area contributed by atoms with Gasteiger partial charge in [0.25, 0.3) is 11.8 Å². The Morgan fingerprint density at radius 1 is 1.21 bits per heavy atom. The Morgan fingerprint density at radius 2 is 2.00 bits per heavy atom. The standard InChI is InChI=1S/C25H22Cl2F3N5O4/c26-14-7-13(22(30)18(27)8-14)10-31-23(36)25(38)5-6-34(24(25)37)21-11-32-35(33-21)16-2-4-20(39-12-16)17-9-15(28)1-3-19(17)29/h1,3,7-9,11,16,20,38H,2,4-6,10,12H2,(H,31,36)/t16?,20-,25?/m0/s1. The van der Waals surface area contributed by atoms with Crippen molar-refractivity contribution < 1.29 is 32.6 Å². The van der Waals surface area contributed by atoms with Crippen molar-refractivity contribution >= 4 is 40.8 Å². The van der Waals surface area contributed by atoms with Crippen molar-refractivity contribution in [1.82, 2.24) is 20.3 Å². The van der Waals surface area contributed by atoms with Crippen LogP contribution in [0, 0.1) is 17.5 Å². The van der Waals surface area contributed by atoms with Gasteiger partial charge in [-0.2, -0.15) is 9.90 Å². The van der Waals surface area contributed by atoms with Crippen molar-refractivity contribution in [2.24, 2.45) is 0 Å². The molecule has 2 fully saturated rings. The molecule has 2 saturated heterocycles. The minimum Gasteiger partial charge on any atom is -0.372 e. The Bertz CT molecular complexity index is 1430. The molecular formula is C25H22Cl2F3N5O4. The number of benzene rings is 2. The molecule has 14 heteroatoms. The summed E-state index contributed by atoms with van der Waals surface area (Å²) < 4.78 is 47.6. The second-order valence-corrected chi connectivity index (χ2v) is 10.2. The lowest BCUT2D eigenvalue weighted by Gasteiger charge is -2.29. The SMILES string of the molecule is O=C(NCc1cc(Cl)cc(Cl)c1F)C1(O)CCN(c2cnn(C3CC[C@@H](c4cc(F)ccc4F)OC3)n2)C1=O. The monoisotopic (exact) mass is 583 g/mol. The van der Waals surface area contributed by atoms with Crippen molar-refractivity contribution in [2.45, 2.75) is 43.6 Å². The number of aliphatic hydroxyl groups is 1. The maximum Gasteiger partial charge on any atom is 0.270 e. The number of anilines is 1. The first-order valence-electron chi connectivity index (χ1n) is 12.0. The highest BCUT2D eigenvalue weighted by Gasteiger charge is 2.52. The molecule has 206 valence electrons. The Morgan fingerprint density at radius 3 is 2.74 bits per heavy atom. The van der Waals surface area contributed by atoms with Gasteiger partial charge in [-0.05, 0) is 43.2 Å². The second-order valence-electron chi connectivity index (χ2n) is 9.35. The smallest absolute Gasteiger partial charge is 0.270 e. The van der Waals surface area contributed by atoms with Crippen LogP contribution < -0.4 is 10.2 Å². The zero-order valence-corrected chi connectivity index (χ0v) is 21.7. The molecule has 0 bridgehead atoms. The highest BCUT2D eigenvalue weighted by Crippen LogP contribution is 2.35. The van der Waals surface area contributed by atoms with E-state index in [9.17, 15) is 27.9 Å². The van der Waals surface area contributed by atoms with E-state index in [0.29, 0.717) is 12.8 Å². The van der Waals surface area contributed by atoms with Crippen LogP contribution in [0.2, 0.25) is 10.0 Å². The number of nitrogens with one attached hydrogen (secondary N) is 1. The van der Waals surface area contributed by atoms with Crippen LogP contribution in [-0.2, 0) is 20.9 Å². The van der Waals surface area contributed by atoms with E-state index in [0.717, 1.165) is 23.1 Å². The fourth-order valence-electron chi connectivity index (χ4n) is 4.69. The zero-order valence-electron chi connectivity index (χ0n) is 20.2. The van der Waals surface area contributed by atoms with Crippen molar-refractivity contribution in [3.63, 3.8) is 0 Å². The Balaban J connectivity index is 1.21. The number of amides is 2. The molecule has 2 aliphatic rings. The van der Waals surface area contributed by atoms with Gasteiger partial charge in [-0.25, -0.2) is 13.2 Å². The van der Waals surface area contributed by atoms with Crippen LogP contribution in [0.3, 0.4) is 0 Å². The number of halogens is 5. The predicted molar refractivity (Wildman–Crippen MR) is 134 cm³/mol. The topological polar surface area (TPSA) is 110 Å². The van der Waals surface area contributed by atoms with Crippen LogP contribution in [0.5, 0.6) is 0 Å². The van der Waals surface area contributed by atoms with E-state index in [1.807, 2.05) is 0 Å². The molecule has 3 heterocycles. The predicted octanol–water partition coefficient (Wildman–Crippen LogP) is 3.88. The summed E-state index contributed by atoms with van der Waals surface area (Å²) in [6.45, 7) is -0.237. The molecule has 2 aliphatic heterocycles. The van der Waals surface area contributed by atoms with E-state index in [1.165, 1.54) is 23.1 Å². The summed E-state index contributed by atoms with van der Waals surface area (Å²) in [5, 5.41) is 21.7. The Kier molecular flexibility index (Phi) is 7.55. The largest absolute Gasteiger partial charge is 0.372 e. The van der Waals surface area contributed by atoms with Gasteiger partial charge in [0.15, 0.2) is 5.82 Å². The summed E-state index contributed by atoms with van der Waals surface area (Å²) in [5.74, 6) is -3.67. The number of carbonyl (C=O) groups is 2. The molecule has 2 amide bonds. The van der Waals surface area contributed by atoms with Crippen LogP contribution in [-0.4, -0.2) is 50.7 Å². The number of ether oxygens (including phenoxy) is 1. The van der Waals surface area contributed by atoms with Gasteiger partial charge in [0.05, 0.1) is 30.0 Å². The summed E-state index contributed by atoms with van der Waals surface area (Å²) in [6.07, 6.45) is 1.37. The fourth-order valence-corrected chi connectivity index (χ4v) is 5.22. The third-order valence-electron chi connectivity index (χ3n) is 6.84. The number of nitrogens with zero attached hydrogens (tertiary/aromatic N) is 4. The van der Waals surface area contributed by atoms with Crippen LogP contribution in [0.1, 0.15) is 42.5 Å². The molecule has 0 radical (unpaired) electrons. The van der Waals surface area contributed by atoms with Crippen molar-refractivity contribution in [2.75, 3.05) is 18.1 Å². The first-order chi connectivity index (χ1) is 18.6. The maximum atomic E-state index is 14.2. The number of rotatable bonds is 6. The van der Waals surface area contributed by atoms with E-state index in [-0.39, 0.29) is 59.1 Å². The van der Waals surface area contributed by atoms with Crippen LogP contribution >= 0.6 is 23.2 Å². The first kappa shape index (κ1) is 27.4. The van der Waals surface area contributed by atoms with Crippen LogP contribution in [0.25, 0.3) is 0 Å². The van der Waals surface area contributed by atoms with Crippen LogP contribution in [0.4, 0.5) is 19.0 Å². The normalized spacial score (nSPS) is 23.3. The molecule has 2 N–H and O–H groups in total. The number of hydrogen-bond acceptors (Lipinski definition) is 6. The number of carbonyl (C=O) groups excluding carboxylic acids is 2. The van der Waals surface area contributed by atoms with Crippen molar-refractivity contribution in [3.05, 3.63) is 75.2 Å². The maximum absolute atomic E-state index is 14.2. The number of hydrogen-bond donors (Lipinski definition) is 2. The minimum atomic E-state index is -2.39. The van der Waals surface area contributed by atoms with Gasteiger partial charge in [-0.3, -0.25) is 14.5 Å². The summed E-state index contributed by atoms with van der Waals surface area (Å²) in [5.41, 5.74) is -2.26. The molecule has 0 spiro atoms. The van der Waals surface area contributed by atoms with E-state index in [2.05, 4.69) is 15.5 Å². The van der Waals surface area contributed by atoms with E-state index < -0.39 is 41.0 Å². The number of aromatic nitrogens is 3. The summed E-state index contributed by atoms with van der Waals surface area (Å²) in [4.78, 5) is 28.3. The molecule has 9 nitrogen and oxygen atoms in total. The average Bonchev–Trinajstić information content (AvgIpc) is 3.52. The summed E-state index contributed by atoms with van der Waals surface area (Å²) in [6, 6.07) is 5.37. The molecular weight excluding hydrogens is 562 g/mol. The molecule has 0 aliphatic carbocycles. The molecule has 2 unspecified atom stereocenters. The first-order valence-corrected chi connectivity index (χ1v) is 12.8. The second kappa shape index (κ2) is 10.8. The molecule has 0 saturated carbocycles. The molecule has 1 aromatic heterocycles. The van der Waals surface area contributed by atoms with Gasteiger partial charge in [-0.1, -0.05) is 23.2 Å².